The van der Waals surface area contributed by atoms with Crippen molar-refractivity contribution < 1.29 is 4.74 Å². The Kier molecular flexibility index (Phi) is 5.33. The van der Waals surface area contributed by atoms with E-state index in [0.29, 0.717) is 6.04 Å². The van der Waals surface area contributed by atoms with Crippen molar-refractivity contribution in [2.75, 3.05) is 19.0 Å². The lowest BCUT2D eigenvalue weighted by Crippen LogP contribution is -2.22. The van der Waals surface area contributed by atoms with Crippen LogP contribution in [0.4, 0.5) is 5.69 Å². The molecule has 0 aromatic heterocycles. The maximum Gasteiger partial charge on any atom is 0.0661 e. The number of anilines is 1. The van der Waals surface area contributed by atoms with Gasteiger partial charge in [-0.25, -0.2) is 0 Å². The molecule has 0 radical (unpaired) electrons. The van der Waals surface area contributed by atoms with E-state index in [1.165, 1.54) is 16.8 Å². The lowest BCUT2D eigenvalue weighted by atomic mass is 10.0. The summed E-state index contributed by atoms with van der Waals surface area (Å²) < 4.78 is 5.16. The highest BCUT2D eigenvalue weighted by Gasteiger charge is 2.08. The van der Waals surface area contributed by atoms with Gasteiger partial charge in [0.25, 0.3) is 0 Å². The van der Waals surface area contributed by atoms with Crippen LogP contribution < -0.4 is 5.32 Å². The van der Waals surface area contributed by atoms with Crippen molar-refractivity contribution in [3.63, 3.8) is 0 Å². The molecule has 2 heteroatoms. The Morgan fingerprint density at radius 1 is 1.19 bits per heavy atom. The lowest BCUT2D eigenvalue weighted by Gasteiger charge is -2.20. The second-order valence-corrected chi connectivity index (χ2v) is 4.16. The average molecular weight is 221 g/mol. The van der Waals surface area contributed by atoms with Crippen LogP contribution in [-0.2, 0) is 17.6 Å². The summed E-state index contributed by atoms with van der Waals surface area (Å²) in [4.78, 5) is 0. The number of hydrogen-bond donors (Lipinski definition) is 1. The fourth-order valence-corrected chi connectivity index (χ4v) is 1.97. The maximum absolute atomic E-state index is 5.16. The van der Waals surface area contributed by atoms with Crippen molar-refractivity contribution >= 4 is 5.69 Å². The van der Waals surface area contributed by atoms with E-state index in [-0.39, 0.29) is 0 Å². The van der Waals surface area contributed by atoms with Crippen LogP contribution in [0, 0.1) is 0 Å². The Labute approximate surface area is 99.0 Å². The Balaban J connectivity index is 2.90. The van der Waals surface area contributed by atoms with Crippen LogP contribution in [0.3, 0.4) is 0 Å². The second kappa shape index (κ2) is 6.54. The molecule has 16 heavy (non-hydrogen) atoms. The molecular weight excluding hydrogens is 198 g/mol. The van der Waals surface area contributed by atoms with Gasteiger partial charge in [-0.05, 0) is 30.9 Å². The summed E-state index contributed by atoms with van der Waals surface area (Å²) in [6.07, 6.45) is 2.13. The Bertz CT molecular complexity index is 300. The highest BCUT2D eigenvalue weighted by Crippen LogP contribution is 2.23. The van der Waals surface area contributed by atoms with Crippen molar-refractivity contribution in [2.24, 2.45) is 0 Å². The van der Waals surface area contributed by atoms with Crippen LogP contribution in [0.15, 0.2) is 18.2 Å². The lowest BCUT2D eigenvalue weighted by molar-refractivity contribution is 0.190. The van der Waals surface area contributed by atoms with Crippen LogP contribution in [0.1, 0.15) is 31.9 Å². The molecule has 1 aromatic rings. The molecule has 0 aliphatic rings. The van der Waals surface area contributed by atoms with Gasteiger partial charge in [0.1, 0.15) is 0 Å². The van der Waals surface area contributed by atoms with Gasteiger partial charge < -0.3 is 10.1 Å². The van der Waals surface area contributed by atoms with Gasteiger partial charge in [0, 0.05) is 18.8 Å². The van der Waals surface area contributed by atoms with E-state index in [2.05, 4.69) is 44.3 Å². The third-order valence-electron chi connectivity index (χ3n) is 2.81. The largest absolute Gasteiger partial charge is 0.383 e. The van der Waals surface area contributed by atoms with Gasteiger partial charge in [0.2, 0.25) is 0 Å². The van der Waals surface area contributed by atoms with Gasteiger partial charge in [-0.1, -0.05) is 32.0 Å². The third kappa shape index (κ3) is 3.24. The highest BCUT2D eigenvalue weighted by atomic mass is 16.5. The molecule has 0 saturated carbocycles. The molecule has 0 aliphatic carbocycles. The fraction of sp³-hybridized carbons (Fsp3) is 0.571. The molecule has 0 fully saturated rings. The second-order valence-electron chi connectivity index (χ2n) is 4.16. The molecule has 2 nitrogen and oxygen atoms in total. The molecule has 0 aliphatic heterocycles. The molecule has 0 saturated heterocycles. The molecule has 0 amide bonds. The third-order valence-corrected chi connectivity index (χ3v) is 2.81. The van der Waals surface area contributed by atoms with E-state index in [4.69, 9.17) is 4.74 Å². The normalized spacial score (nSPS) is 12.5. The fourth-order valence-electron chi connectivity index (χ4n) is 1.97. The highest BCUT2D eigenvalue weighted by molar-refractivity contribution is 5.58. The van der Waals surface area contributed by atoms with Crippen molar-refractivity contribution in [2.45, 2.75) is 39.7 Å². The number of benzene rings is 1. The van der Waals surface area contributed by atoms with Gasteiger partial charge in [0.05, 0.1) is 6.61 Å². The van der Waals surface area contributed by atoms with E-state index < -0.39 is 0 Å². The topological polar surface area (TPSA) is 21.3 Å². The molecule has 90 valence electrons. The number of methoxy groups -OCH3 is 1. The first-order valence-corrected chi connectivity index (χ1v) is 6.09. The number of ether oxygens (including phenoxy) is 1. The Hall–Kier alpha value is -1.02. The van der Waals surface area contributed by atoms with Gasteiger partial charge >= 0.3 is 0 Å². The minimum Gasteiger partial charge on any atom is -0.383 e. The predicted octanol–water partition coefficient (Wildman–Crippen LogP) is 3.26. The van der Waals surface area contributed by atoms with Crippen LogP contribution in [0.5, 0.6) is 0 Å². The zero-order valence-corrected chi connectivity index (χ0v) is 10.8. The summed E-state index contributed by atoms with van der Waals surface area (Å²) in [6.45, 7) is 7.28. The molecule has 1 unspecified atom stereocenters. The first-order valence-electron chi connectivity index (χ1n) is 6.09. The van der Waals surface area contributed by atoms with Crippen molar-refractivity contribution in [3.05, 3.63) is 29.3 Å². The van der Waals surface area contributed by atoms with Crippen molar-refractivity contribution in [3.8, 4) is 0 Å². The summed E-state index contributed by atoms with van der Waals surface area (Å²) in [5.74, 6) is 0. The van der Waals surface area contributed by atoms with Crippen LogP contribution in [0.25, 0.3) is 0 Å². The molecular formula is C14H23NO. The summed E-state index contributed by atoms with van der Waals surface area (Å²) in [6, 6.07) is 6.88. The van der Waals surface area contributed by atoms with Gasteiger partial charge in [-0.2, -0.15) is 0 Å². The summed E-state index contributed by atoms with van der Waals surface area (Å²) in [5, 5.41) is 3.56. The Morgan fingerprint density at radius 3 is 2.19 bits per heavy atom. The van der Waals surface area contributed by atoms with E-state index in [0.717, 1.165) is 19.4 Å². The number of rotatable bonds is 6. The summed E-state index contributed by atoms with van der Waals surface area (Å²) in [5.41, 5.74) is 4.08. The molecule has 0 bridgehead atoms. The Morgan fingerprint density at radius 2 is 1.75 bits per heavy atom. The number of para-hydroxylation sites is 1. The molecule has 1 rings (SSSR count). The predicted molar refractivity (Wildman–Crippen MR) is 70.2 cm³/mol. The van der Waals surface area contributed by atoms with Gasteiger partial charge in [-0.15, -0.1) is 0 Å². The molecule has 1 N–H and O–H groups in total. The molecule has 1 atom stereocenters. The number of hydrogen-bond acceptors (Lipinski definition) is 2. The SMILES string of the molecule is CCc1cccc(CC)c1NC(C)COC. The van der Waals surface area contributed by atoms with Crippen LogP contribution in [0.2, 0.25) is 0 Å². The minimum absolute atomic E-state index is 0.350. The quantitative estimate of drug-likeness (QED) is 0.796. The smallest absolute Gasteiger partial charge is 0.0661 e. The molecule has 0 spiro atoms. The van der Waals surface area contributed by atoms with Crippen LogP contribution in [-0.4, -0.2) is 19.8 Å². The molecule has 0 heterocycles. The summed E-state index contributed by atoms with van der Waals surface area (Å²) >= 11 is 0. The van der Waals surface area contributed by atoms with Crippen molar-refractivity contribution in [1.82, 2.24) is 0 Å². The van der Waals surface area contributed by atoms with E-state index in [1.807, 2.05) is 0 Å². The van der Waals surface area contributed by atoms with E-state index in [9.17, 15) is 0 Å². The van der Waals surface area contributed by atoms with Crippen molar-refractivity contribution in [1.29, 1.82) is 0 Å². The van der Waals surface area contributed by atoms with E-state index in [1.54, 1.807) is 7.11 Å². The first kappa shape index (κ1) is 13.0. The number of nitrogens with one attached hydrogen (secondary N) is 1. The zero-order valence-electron chi connectivity index (χ0n) is 10.8. The standard InChI is InChI=1S/C14H23NO/c1-5-12-8-7-9-13(6-2)14(12)15-11(3)10-16-4/h7-9,11,15H,5-6,10H2,1-4H3. The van der Waals surface area contributed by atoms with E-state index >= 15 is 0 Å². The zero-order chi connectivity index (χ0) is 12.0. The van der Waals surface area contributed by atoms with Crippen LogP contribution >= 0.6 is 0 Å². The number of aryl methyl sites for hydroxylation is 2. The van der Waals surface area contributed by atoms with Gasteiger partial charge in [0.15, 0.2) is 0 Å². The molecule has 1 aromatic carbocycles. The average Bonchev–Trinajstić information content (AvgIpc) is 2.29. The summed E-state index contributed by atoms with van der Waals surface area (Å²) in [7, 11) is 1.74. The van der Waals surface area contributed by atoms with Gasteiger partial charge in [-0.3, -0.25) is 0 Å². The monoisotopic (exact) mass is 221 g/mol. The first-order chi connectivity index (χ1) is 7.72. The minimum atomic E-state index is 0.350. The maximum atomic E-state index is 5.16.